The van der Waals surface area contributed by atoms with Gasteiger partial charge in [0.1, 0.15) is 0 Å². The SMILES string of the molecule is CCOC1CCN(CC2(CNC3CC3)CCCOC2)CC1. The second-order valence-electron chi connectivity index (χ2n) is 7.24. The monoisotopic (exact) mass is 296 g/mol. The highest BCUT2D eigenvalue weighted by atomic mass is 16.5. The lowest BCUT2D eigenvalue weighted by Crippen LogP contribution is -2.51. The Bertz CT molecular complexity index is 306. The number of rotatable bonds is 7. The van der Waals surface area contributed by atoms with E-state index in [9.17, 15) is 0 Å². The number of nitrogens with one attached hydrogen (secondary N) is 1. The van der Waals surface area contributed by atoms with Crippen LogP contribution in [-0.2, 0) is 9.47 Å². The van der Waals surface area contributed by atoms with Gasteiger partial charge in [-0.25, -0.2) is 0 Å². The quantitative estimate of drug-likeness (QED) is 0.779. The minimum absolute atomic E-state index is 0.347. The number of nitrogens with zero attached hydrogens (tertiary/aromatic N) is 1. The standard InChI is InChI=1S/C17H32N2O2/c1-2-21-16-6-9-19(10-7-16)13-17(8-3-11-20-14-17)12-18-15-4-5-15/h15-16,18H,2-14H2,1H3. The minimum Gasteiger partial charge on any atom is -0.381 e. The molecule has 21 heavy (non-hydrogen) atoms. The molecule has 2 saturated heterocycles. The van der Waals surface area contributed by atoms with E-state index in [-0.39, 0.29) is 0 Å². The summed E-state index contributed by atoms with van der Waals surface area (Å²) in [6.45, 7) is 9.58. The Kier molecular flexibility index (Phi) is 5.54. The number of ether oxygens (including phenoxy) is 2. The Hall–Kier alpha value is -0.160. The van der Waals surface area contributed by atoms with Gasteiger partial charge in [0.05, 0.1) is 12.7 Å². The maximum atomic E-state index is 5.85. The van der Waals surface area contributed by atoms with Crippen LogP contribution < -0.4 is 5.32 Å². The van der Waals surface area contributed by atoms with Gasteiger partial charge in [-0.3, -0.25) is 0 Å². The van der Waals surface area contributed by atoms with Crippen molar-refractivity contribution in [2.75, 3.05) is 46.0 Å². The molecule has 4 heteroatoms. The van der Waals surface area contributed by atoms with E-state index in [1.807, 2.05) is 0 Å². The zero-order chi connectivity index (χ0) is 14.5. The van der Waals surface area contributed by atoms with E-state index in [1.54, 1.807) is 0 Å². The van der Waals surface area contributed by atoms with Gasteiger partial charge in [0, 0.05) is 50.8 Å². The summed E-state index contributed by atoms with van der Waals surface area (Å²) in [6, 6.07) is 0.799. The van der Waals surface area contributed by atoms with E-state index in [1.165, 1.54) is 58.2 Å². The van der Waals surface area contributed by atoms with Crippen LogP contribution in [0.1, 0.15) is 45.4 Å². The van der Waals surface area contributed by atoms with Crippen molar-refractivity contribution in [2.24, 2.45) is 5.41 Å². The molecule has 3 rings (SSSR count). The predicted molar refractivity (Wildman–Crippen MR) is 84.6 cm³/mol. The van der Waals surface area contributed by atoms with Crippen molar-refractivity contribution >= 4 is 0 Å². The predicted octanol–water partition coefficient (Wildman–Crippen LogP) is 2.04. The Morgan fingerprint density at radius 1 is 1.24 bits per heavy atom. The van der Waals surface area contributed by atoms with Gasteiger partial charge in [0.25, 0.3) is 0 Å². The summed E-state index contributed by atoms with van der Waals surface area (Å²) in [7, 11) is 0. The van der Waals surface area contributed by atoms with E-state index >= 15 is 0 Å². The molecule has 2 heterocycles. The number of hydrogen-bond acceptors (Lipinski definition) is 4. The molecule has 0 amide bonds. The maximum absolute atomic E-state index is 5.85. The summed E-state index contributed by atoms with van der Waals surface area (Å²) in [5, 5.41) is 3.75. The second kappa shape index (κ2) is 7.40. The summed E-state index contributed by atoms with van der Waals surface area (Å²) in [6.07, 6.45) is 8.17. The highest BCUT2D eigenvalue weighted by Gasteiger charge is 2.37. The van der Waals surface area contributed by atoms with Crippen molar-refractivity contribution in [1.29, 1.82) is 0 Å². The van der Waals surface area contributed by atoms with Crippen LogP contribution in [0, 0.1) is 5.41 Å². The molecular weight excluding hydrogens is 264 g/mol. The first-order chi connectivity index (χ1) is 10.3. The van der Waals surface area contributed by atoms with Gasteiger partial charge in [-0.05, 0) is 45.4 Å². The molecular formula is C17H32N2O2. The molecule has 0 bridgehead atoms. The molecule has 0 aromatic carbocycles. The molecule has 0 spiro atoms. The highest BCUT2D eigenvalue weighted by molar-refractivity contribution is 4.92. The fraction of sp³-hybridized carbons (Fsp3) is 1.00. The van der Waals surface area contributed by atoms with Gasteiger partial charge in [-0.1, -0.05) is 0 Å². The molecule has 0 radical (unpaired) electrons. The van der Waals surface area contributed by atoms with E-state index in [0.29, 0.717) is 11.5 Å². The third kappa shape index (κ3) is 4.65. The third-order valence-corrected chi connectivity index (χ3v) is 5.24. The average Bonchev–Trinajstić information content (AvgIpc) is 3.33. The van der Waals surface area contributed by atoms with Crippen LogP contribution in [0.2, 0.25) is 0 Å². The molecule has 1 atom stereocenters. The van der Waals surface area contributed by atoms with Crippen LogP contribution in [0.4, 0.5) is 0 Å². The third-order valence-electron chi connectivity index (χ3n) is 5.24. The topological polar surface area (TPSA) is 33.7 Å². The van der Waals surface area contributed by atoms with Crippen LogP contribution in [-0.4, -0.2) is 63.0 Å². The second-order valence-corrected chi connectivity index (χ2v) is 7.24. The molecule has 122 valence electrons. The van der Waals surface area contributed by atoms with Gasteiger partial charge in [-0.2, -0.15) is 0 Å². The lowest BCUT2D eigenvalue weighted by molar-refractivity contribution is -0.0422. The summed E-state index contributed by atoms with van der Waals surface area (Å²) < 4.78 is 11.6. The molecule has 1 saturated carbocycles. The highest BCUT2D eigenvalue weighted by Crippen LogP contribution is 2.32. The van der Waals surface area contributed by atoms with Crippen molar-refractivity contribution < 1.29 is 9.47 Å². The molecule has 1 aliphatic carbocycles. The largest absolute Gasteiger partial charge is 0.381 e. The van der Waals surface area contributed by atoms with E-state index < -0.39 is 0 Å². The average molecular weight is 296 g/mol. The molecule has 4 nitrogen and oxygen atoms in total. The zero-order valence-corrected chi connectivity index (χ0v) is 13.6. The summed E-state index contributed by atoms with van der Waals surface area (Å²) in [5.74, 6) is 0. The Labute approximate surface area is 129 Å². The van der Waals surface area contributed by atoms with Crippen molar-refractivity contribution in [3.05, 3.63) is 0 Å². The first-order valence-corrected chi connectivity index (χ1v) is 8.95. The normalized spacial score (nSPS) is 32.4. The Balaban J connectivity index is 1.49. The number of piperidine rings is 1. The minimum atomic E-state index is 0.347. The lowest BCUT2D eigenvalue weighted by atomic mass is 9.81. The molecule has 3 aliphatic rings. The fourth-order valence-electron chi connectivity index (χ4n) is 3.82. The van der Waals surface area contributed by atoms with E-state index in [4.69, 9.17) is 9.47 Å². The van der Waals surface area contributed by atoms with Crippen molar-refractivity contribution in [1.82, 2.24) is 10.2 Å². The van der Waals surface area contributed by atoms with Crippen LogP contribution >= 0.6 is 0 Å². The van der Waals surface area contributed by atoms with E-state index in [2.05, 4.69) is 17.1 Å². The first kappa shape index (κ1) is 15.7. The van der Waals surface area contributed by atoms with Crippen LogP contribution in [0.25, 0.3) is 0 Å². The molecule has 0 aromatic rings. The van der Waals surface area contributed by atoms with Gasteiger partial charge in [0.2, 0.25) is 0 Å². The van der Waals surface area contributed by atoms with E-state index in [0.717, 1.165) is 32.4 Å². The van der Waals surface area contributed by atoms with Gasteiger partial charge in [0.15, 0.2) is 0 Å². The number of hydrogen-bond donors (Lipinski definition) is 1. The van der Waals surface area contributed by atoms with Gasteiger partial charge < -0.3 is 19.7 Å². The molecule has 3 fully saturated rings. The van der Waals surface area contributed by atoms with Crippen LogP contribution in [0.5, 0.6) is 0 Å². The molecule has 2 aliphatic heterocycles. The Morgan fingerprint density at radius 2 is 2.05 bits per heavy atom. The summed E-state index contributed by atoms with van der Waals surface area (Å²) in [5.41, 5.74) is 0.347. The Morgan fingerprint density at radius 3 is 2.67 bits per heavy atom. The lowest BCUT2D eigenvalue weighted by Gasteiger charge is -2.43. The van der Waals surface area contributed by atoms with Crippen LogP contribution in [0.15, 0.2) is 0 Å². The van der Waals surface area contributed by atoms with Crippen LogP contribution in [0.3, 0.4) is 0 Å². The smallest absolute Gasteiger partial charge is 0.0599 e. The maximum Gasteiger partial charge on any atom is 0.0599 e. The molecule has 1 N–H and O–H groups in total. The summed E-state index contributed by atoms with van der Waals surface area (Å²) >= 11 is 0. The van der Waals surface area contributed by atoms with Crippen molar-refractivity contribution in [3.63, 3.8) is 0 Å². The van der Waals surface area contributed by atoms with Gasteiger partial charge in [-0.15, -0.1) is 0 Å². The first-order valence-electron chi connectivity index (χ1n) is 8.95. The summed E-state index contributed by atoms with van der Waals surface area (Å²) in [4.78, 5) is 2.65. The molecule has 1 unspecified atom stereocenters. The molecule has 0 aromatic heterocycles. The zero-order valence-electron chi connectivity index (χ0n) is 13.6. The van der Waals surface area contributed by atoms with Crippen molar-refractivity contribution in [2.45, 2.75) is 57.6 Å². The fourth-order valence-corrected chi connectivity index (χ4v) is 3.82. The van der Waals surface area contributed by atoms with Crippen molar-refractivity contribution in [3.8, 4) is 0 Å². The number of likely N-dealkylation sites (tertiary alicyclic amines) is 1. The van der Waals surface area contributed by atoms with Gasteiger partial charge >= 0.3 is 0 Å².